The Morgan fingerprint density at radius 2 is 2.16 bits per heavy atom. The van der Waals surface area contributed by atoms with Gasteiger partial charge in [-0.05, 0) is 24.3 Å². The van der Waals surface area contributed by atoms with Crippen LogP contribution in [0.3, 0.4) is 0 Å². The zero-order valence-corrected chi connectivity index (χ0v) is 11.4. The fourth-order valence-electron chi connectivity index (χ4n) is 1.76. The van der Waals surface area contributed by atoms with Crippen LogP contribution in [-0.2, 0) is 11.2 Å². The number of hydrogen-bond acceptors (Lipinski definition) is 3. The van der Waals surface area contributed by atoms with Crippen molar-refractivity contribution in [1.82, 2.24) is 9.38 Å². The molecule has 0 aliphatic heterocycles. The van der Waals surface area contributed by atoms with Crippen LogP contribution in [0.2, 0.25) is 5.02 Å². The van der Waals surface area contributed by atoms with E-state index in [1.54, 1.807) is 35.6 Å². The summed E-state index contributed by atoms with van der Waals surface area (Å²) in [6.07, 6.45) is 4.05. The van der Waals surface area contributed by atoms with E-state index >= 15 is 0 Å². The summed E-state index contributed by atoms with van der Waals surface area (Å²) >= 11 is 7.33. The van der Waals surface area contributed by atoms with Gasteiger partial charge in [-0.3, -0.25) is 9.20 Å². The number of amides is 1. The van der Waals surface area contributed by atoms with Crippen molar-refractivity contribution >= 4 is 39.5 Å². The maximum Gasteiger partial charge on any atom is 0.230 e. The van der Waals surface area contributed by atoms with Gasteiger partial charge >= 0.3 is 0 Å². The third-order valence-corrected chi connectivity index (χ3v) is 3.64. The Labute approximate surface area is 118 Å². The maximum absolute atomic E-state index is 11.9. The van der Waals surface area contributed by atoms with Gasteiger partial charge in [0.05, 0.1) is 12.1 Å². The molecule has 0 fully saturated rings. The minimum Gasteiger partial charge on any atom is -0.326 e. The molecule has 3 aromatic rings. The maximum atomic E-state index is 11.9. The summed E-state index contributed by atoms with van der Waals surface area (Å²) in [6, 6.07) is 7.02. The molecule has 0 bridgehead atoms. The Balaban J connectivity index is 1.68. The van der Waals surface area contributed by atoms with E-state index in [2.05, 4.69) is 10.3 Å². The van der Waals surface area contributed by atoms with Gasteiger partial charge in [-0.2, -0.15) is 0 Å². The molecule has 0 aliphatic carbocycles. The molecule has 4 nitrogen and oxygen atoms in total. The molecule has 2 aromatic heterocycles. The Hall–Kier alpha value is -1.85. The number of halogens is 1. The number of rotatable bonds is 3. The second-order valence-electron chi connectivity index (χ2n) is 4.06. The molecule has 3 rings (SSSR count). The second kappa shape index (κ2) is 5.03. The lowest BCUT2D eigenvalue weighted by Crippen LogP contribution is -2.14. The molecule has 0 spiro atoms. The summed E-state index contributed by atoms with van der Waals surface area (Å²) in [5, 5.41) is 5.41. The summed E-state index contributed by atoms with van der Waals surface area (Å²) in [4.78, 5) is 17.1. The van der Waals surface area contributed by atoms with Crippen LogP contribution in [0.4, 0.5) is 5.69 Å². The molecule has 0 aliphatic rings. The number of anilines is 1. The van der Waals surface area contributed by atoms with Crippen LogP contribution in [0.25, 0.3) is 4.96 Å². The van der Waals surface area contributed by atoms with E-state index in [1.807, 2.05) is 22.2 Å². The molecular weight excluding hydrogens is 282 g/mol. The van der Waals surface area contributed by atoms with Gasteiger partial charge in [0.1, 0.15) is 0 Å². The van der Waals surface area contributed by atoms with Crippen LogP contribution in [0, 0.1) is 0 Å². The summed E-state index contributed by atoms with van der Waals surface area (Å²) < 4.78 is 1.91. The highest BCUT2D eigenvalue weighted by atomic mass is 35.5. The molecule has 1 aromatic carbocycles. The zero-order chi connectivity index (χ0) is 13.2. The standard InChI is InChI=1S/C13H10ClN3OS/c14-9-1-3-10(4-2-9)15-12(18)7-11-8-17-5-6-19-13(17)16-11/h1-6,8H,7H2,(H,15,18). The number of nitrogens with one attached hydrogen (secondary N) is 1. The van der Waals surface area contributed by atoms with E-state index in [1.165, 1.54) is 0 Å². The third kappa shape index (κ3) is 2.77. The van der Waals surface area contributed by atoms with Gasteiger partial charge in [0.25, 0.3) is 0 Å². The normalized spacial score (nSPS) is 10.8. The van der Waals surface area contributed by atoms with Gasteiger partial charge in [-0.1, -0.05) is 11.6 Å². The van der Waals surface area contributed by atoms with Gasteiger partial charge in [-0.25, -0.2) is 4.98 Å². The van der Waals surface area contributed by atoms with E-state index in [0.717, 1.165) is 16.3 Å². The van der Waals surface area contributed by atoms with Gasteiger partial charge in [0.15, 0.2) is 4.96 Å². The SMILES string of the molecule is O=C(Cc1cn2ccsc2n1)Nc1ccc(Cl)cc1. The number of thiazole rings is 1. The lowest BCUT2D eigenvalue weighted by molar-refractivity contribution is -0.115. The van der Waals surface area contributed by atoms with Crippen molar-refractivity contribution < 1.29 is 4.79 Å². The highest BCUT2D eigenvalue weighted by Gasteiger charge is 2.08. The number of aromatic nitrogens is 2. The van der Waals surface area contributed by atoms with Crippen LogP contribution < -0.4 is 5.32 Å². The van der Waals surface area contributed by atoms with Gasteiger partial charge < -0.3 is 5.32 Å². The highest BCUT2D eigenvalue weighted by molar-refractivity contribution is 7.15. The number of fused-ring (bicyclic) bond motifs is 1. The van der Waals surface area contributed by atoms with Crippen molar-refractivity contribution in [2.45, 2.75) is 6.42 Å². The van der Waals surface area contributed by atoms with Crippen LogP contribution in [0.15, 0.2) is 42.0 Å². The van der Waals surface area contributed by atoms with E-state index in [0.29, 0.717) is 5.02 Å². The van der Waals surface area contributed by atoms with Gasteiger partial charge in [0, 0.05) is 28.5 Å². The minimum atomic E-state index is -0.0897. The van der Waals surface area contributed by atoms with Gasteiger partial charge in [0.2, 0.25) is 5.91 Å². The fraction of sp³-hybridized carbons (Fsp3) is 0.0769. The van der Waals surface area contributed by atoms with Crippen molar-refractivity contribution in [1.29, 1.82) is 0 Å². The Morgan fingerprint density at radius 3 is 2.89 bits per heavy atom. The molecule has 0 saturated carbocycles. The lowest BCUT2D eigenvalue weighted by Gasteiger charge is -2.03. The lowest BCUT2D eigenvalue weighted by atomic mass is 10.3. The topological polar surface area (TPSA) is 46.4 Å². The number of benzene rings is 1. The largest absolute Gasteiger partial charge is 0.326 e. The van der Waals surface area contributed by atoms with Crippen molar-refractivity contribution in [3.05, 3.63) is 52.8 Å². The molecule has 6 heteroatoms. The minimum absolute atomic E-state index is 0.0897. The molecule has 2 heterocycles. The first kappa shape index (κ1) is 12.2. The van der Waals surface area contributed by atoms with E-state index in [-0.39, 0.29) is 12.3 Å². The van der Waals surface area contributed by atoms with Crippen molar-refractivity contribution in [3.8, 4) is 0 Å². The average Bonchev–Trinajstić information content (AvgIpc) is 2.92. The van der Waals surface area contributed by atoms with Crippen LogP contribution >= 0.6 is 22.9 Å². The molecule has 1 amide bonds. The fourth-order valence-corrected chi connectivity index (χ4v) is 2.61. The van der Waals surface area contributed by atoms with E-state index in [9.17, 15) is 4.79 Å². The Bertz CT molecular complexity index is 688. The molecular formula is C13H10ClN3OS. The predicted octanol–water partition coefficient (Wildman–Crippen LogP) is 3.23. The number of imidazole rings is 1. The Morgan fingerprint density at radius 1 is 1.37 bits per heavy atom. The summed E-state index contributed by atoms with van der Waals surface area (Å²) in [6.45, 7) is 0. The Kier molecular flexibility index (Phi) is 3.23. The van der Waals surface area contributed by atoms with Crippen LogP contribution in [-0.4, -0.2) is 15.3 Å². The third-order valence-electron chi connectivity index (χ3n) is 2.61. The van der Waals surface area contributed by atoms with Crippen LogP contribution in [0.1, 0.15) is 5.69 Å². The number of hydrogen-bond donors (Lipinski definition) is 1. The average molecular weight is 292 g/mol. The monoisotopic (exact) mass is 291 g/mol. The molecule has 0 atom stereocenters. The second-order valence-corrected chi connectivity index (χ2v) is 5.37. The number of carbonyl (C=O) groups excluding carboxylic acids is 1. The summed E-state index contributed by atoms with van der Waals surface area (Å²) in [5.74, 6) is -0.0897. The molecule has 96 valence electrons. The van der Waals surface area contributed by atoms with Crippen molar-refractivity contribution in [3.63, 3.8) is 0 Å². The molecule has 0 saturated heterocycles. The number of nitrogens with zero attached hydrogens (tertiary/aromatic N) is 2. The van der Waals surface area contributed by atoms with Gasteiger partial charge in [-0.15, -0.1) is 11.3 Å². The first-order chi connectivity index (χ1) is 9.20. The quantitative estimate of drug-likeness (QED) is 0.805. The first-order valence-corrected chi connectivity index (χ1v) is 6.93. The van der Waals surface area contributed by atoms with E-state index in [4.69, 9.17) is 11.6 Å². The first-order valence-electron chi connectivity index (χ1n) is 5.67. The highest BCUT2D eigenvalue weighted by Crippen LogP contribution is 2.15. The molecule has 0 radical (unpaired) electrons. The van der Waals surface area contributed by atoms with E-state index < -0.39 is 0 Å². The predicted molar refractivity (Wildman–Crippen MR) is 76.9 cm³/mol. The van der Waals surface area contributed by atoms with Crippen molar-refractivity contribution in [2.24, 2.45) is 0 Å². The zero-order valence-electron chi connectivity index (χ0n) is 9.84. The molecule has 1 N–H and O–H groups in total. The molecule has 0 unspecified atom stereocenters. The number of carbonyl (C=O) groups is 1. The smallest absolute Gasteiger partial charge is 0.230 e. The summed E-state index contributed by atoms with van der Waals surface area (Å²) in [5.41, 5.74) is 1.49. The van der Waals surface area contributed by atoms with Crippen LogP contribution in [0.5, 0.6) is 0 Å². The summed E-state index contributed by atoms with van der Waals surface area (Å²) in [7, 11) is 0. The van der Waals surface area contributed by atoms with Crippen molar-refractivity contribution in [2.75, 3.05) is 5.32 Å². The molecule has 19 heavy (non-hydrogen) atoms.